The fraction of sp³-hybridized carbons (Fsp3) is 0.227. The molecule has 3 heterocycles. The van der Waals surface area contributed by atoms with Crippen LogP contribution in [0.5, 0.6) is 11.5 Å². The highest BCUT2D eigenvalue weighted by atomic mass is 16.5. The molecule has 3 aromatic heterocycles. The van der Waals surface area contributed by atoms with Crippen LogP contribution in [-0.2, 0) is 12.0 Å². The molecule has 4 aromatic carbocycles. The van der Waals surface area contributed by atoms with E-state index in [0.29, 0.717) is 42.5 Å². The summed E-state index contributed by atoms with van der Waals surface area (Å²) in [6.07, 6.45) is 3.13. The van der Waals surface area contributed by atoms with Crippen molar-refractivity contribution in [2.75, 3.05) is 5.32 Å². The number of aromatic nitrogens is 5. The number of carbonyl (C=O) groups excluding carboxylic acids is 1. The van der Waals surface area contributed by atoms with Gasteiger partial charge in [0.1, 0.15) is 30.0 Å². The van der Waals surface area contributed by atoms with Crippen LogP contribution in [0.15, 0.2) is 128 Å². The molecule has 0 bridgehead atoms. The van der Waals surface area contributed by atoms with Gasteiger partial charge in [0, 0.05) is 11.5 Å². The zero-order valence-electron chi connectivity index (χ0n) is 30.9. The van der Waals surface area contributed by atoms with Crippen molar-refractivity contribution in [1.29, 1.82) is 0 Å². The molecule has 0 unspecified atom stereocenters. The van der Waals surface area contributed by atoms with Crippen LogP contribution in [0.4, 0.5) is 10.6 Å². The lowest BCUT2D eigenvalue weighted by atomic mass is 9.85. The number of nitrogens with one attached hydrogen (secondary N) is 2. The third-order valence-electron chi connectivity index (χ3n) is 9.76. The Morgan fingerprint density at radius 2 is 1.57 bits per heavy atom. The molecule has 2 amide bonds. The van der Waals surface area contributed by atoms with Gasteiger partial charge in [-0.05, 0) is 72.9 Å². The van der Waals surface area contributed by atoms with Gasteiger partial charge in [0.05, 0.1) is 29.2 Å². The molecule has 1 aliphatic carbocycles. The lowest BCUT2D eigenvalue weighted by Gasteiger charge is -2.32. The van der Waals surface area contributed by atoms with E-state index in [9.17, 15) is 4.79 Å². The Labute approximate surface area is 314 Å². The fourth-order valence-corrected chi connectivity index (χ4v) is 6.85. The van der Waals surface area contributed by atoms with Crippen LogP contribution in [0, 0.1) is 6.92 Å². The highest BCUT2D eigenvalue weighted by molar-refractivity contribution is 5.89. The van der Waals surface area contributed by atoms with Crippen LogP contribution in [-0.4, -0.2) is 30.4 Å². The van der Waals surface area contributed by atoms with E-state index < -0.39 is 0 Å². The predicted octanol–water partition coefficient (Wildman–Crippen LogP) is 9.54. The number of hydrogen-bond donors (Lipinski definition) is 2. The molecule has 1 aliphatic rings. The molecule has 7 aromatic rings. The van der Waals surface area contributed by atoms with Crippen molar-refractivity contribution in [1.82, 2.24) is 29.7 Å². The molecule has 8 rings (SSSR count). The number of ether oxygens (including phenoxy) is 2. The fourth-order valence-electron chi connectivity index (χ4n) is 6.85. The first kappa shape index (κ1) is 34.7. The number of pyridine rings is 1. The number of hydrogen-bond acceptors (Lipinski definition) is 6. The van der Waals surface area contributed by atoms with Gasteiger partial charge in [-0.15, -0.1) is 10.2 Å². The van der Waals surface area contributed by atoms with Gasteiger partial charge in [0.15, 0.2) is 11.5 Å². The van der Waals surface area contributed by atoms with E-state index in [4.69, 9.17) is 14.6 Å². The number of nitrogens with zero attached hydrogens (tertiary/aromatic N) is 5. The first-order valence-electron chi connectivity index (χ1n) is 18.3. The molecule has 2 atom stereocenters. The molecule has 0 radical (unpaired) electrons. The summed E-state index contributed by atoms with van der Waals surface area (Å²) in [5, 5.41) is 20.2. The summed E-state index contributed by atoms with van der Waals surface area (Å²) >= 11 is 0. The normalized spacial score (nSPS) is 15.4. The molecule has 0 saturated heterocycles. The third-order valence-corrected chi connectivity index (χ3v) is 9.76. The molecule has 10 nitrogen and oxygen atoms in total. The summed E-state index contributed by atoms with van der Waals surface area (Å²) in [6.45, 7) is 8.83. The van der Waals surface area contributed by atoms with Gasteiger partial charge in [-0.2, -0.15) is 5.10 Å². The molecule has 0 spiro atoms. The molecule has 0 saturated carbocycles. The maximum atomic E-state index is 13.6. The van der Waals surface area contributed by atoms with Crippen molar-refractivity contribution < 1.29 is 14.3 Å². The number of fused-ring (bicyclic) bond motifs is 2. The number of carbonyl (C=O) groups is 1. The van der Waals surface area contributed by atoms with Crippen molar-refractivity contribution in [2.45, 2.75) is 64.7 Å². The molecule has 2 N–H and O–H groups in total. The molecule has 272 valence electrons. The minimum atomic E-state index is -0.290. The molecule has 54 heavy (non-hydrogen) atoms. The Balaban J connectivity index is 0.998. The van der Waals surface area contributed by atoms with Crippen molar-refractivity contribution >= 4 is 17.5 Å². The standard InChI is InChI=1S/C44H43N7O3/c1-29-18-20-31(21-19-29)51-41(26-39(49-51)44(2,3)4)46-43(52)45-36-23-24-38(34-15-9-8-14-33(34)36)54-32-22-25-40-47-48-42(50(40)27-32)35-16-10-11-17-37(35)53-28-30-12-6-5-7-13-30/h5-22,25-27,36,38H,23-24,28H2,1-4H3,(H2,45,46,52)/t36-,38+/m0/s1. The molecule has 0 aliphatic heterocycles. The molecule has 10 heteroatoms. The maximum absolute atomic E-state index is 13.6. The second-order valence-electron chi connectivity index (χ2n) is 14.8. The Kier molecular flexibility index (Phi) is 9.33. The van der Waals surface area contributed by atoms with Crippen molar-refractivity contribution in [2.24, 2.45) is 0 Å². The number of para-hydroxylation sites is 1. The highest BCUT2D eigenvalue weighted by Gasteiger charge is 2.30. The Hall–Kier alpha value is -6.42. The summed E-state index contributed by atoms with van der Waals surface area (Å²) < 4.78 is 16.7. The Bertz CT molecular complexity index is 2410. The van der Waals surface area contributed by atoms with Crippen LogP contribution in [0.3, 0.4) is 0 Å². The summed E-state index contributed by atoms with van der Waals surface area (Å²) in [6, 6.07) is 39.5. The quantitative estimate of drug-likeness (QED) is 0.154. The minimum Gasteiger partial charge on any atom is -0.488 e. The number of benzene rings is 4. The topological polar surface area (TPSA) is 108 Å². The van der Waals surface area contributed by atoms with E-state index in [2.05, 4.69) is 53.7 Å². The van der Waals surface area contributed by atoms with Crippen LogP contribution >= 0.6 is 0 Å². The lowest BCUT2D eigenvalue weighted by molar-refractivity contribution is 0.171. The van der Waals surface area contributed by atoms with Crippen molar-refractivity contribution in [3.63, 3.8) is 0 Å². The average Bonchev–Trinajstić information content (AvgIpc) is 3.80. The number of aryl methyl sites for hydroxylation is 1. The zero-order chi connectivity index (χ0) is 37.2. The van der Waals surface area contributed by atoms with Gasteiger partial charge in [-0.25, -0.2) is 9.48 Å². The lowest BCUT2D eigenvalue weighted by Crippen LogP contribution is -2.36. The monoisotopic (exact) mass is 717 g/mol. The first-order valence-corrected chi connectivity index (χ1v) is 18.3. The first-order chi connectivity index (χ1) is 26.2. The highest BCUT2D eigenvalue weighted by Crippen LogP contribution is 2.39. The maximum Gasteiger partial charge on any atom is 0.320 e. The predicted molar refractivity (Wildman–Crippen MR) is 210 cm³/mol. The van der Waals surface area contributed by atoms with Crippen LogP contribution in [0.1, 0.15) is 73.7 Å². The van der Waals surface area contributed by atoms with Gasteiger partial charge in [-0.1, -0.05) is 105 Å². The van der Waals surface area contributed by atoms with Crippen molar-refractivity contribution in [3.8, 4) is 28.6 Å². The summed E-state index contributed by atoms with van der Waals surface area (Å²) in [5.74, 6) is 2.69. The van der Waals surface area contributed by atoms with E-state index >= 15 is 0 Å². The van der Waals surface area contributed by atoms with Gasteiger partial charge < -0.3 is 14.8 Å². The minimum absolute atomic E-state index is 0.192. The van der Waals surface area contributed by atoms with E-state index in [1.807, 2.05) is 127 Å². The second kappa shape index (κ2) is 14.5. The van der Waals surface area contributed by atoms with Gasteiger partial charge in [0.2, 0.25) is 0 Å². The summed E-state index contributed by atoms with van der Waals surface area (Å²) in [4.78, 5) is 13.6. The van der Waals surface area contributed by atoms with Crippen LogP contribution in [0.2, 0.25) is 0 Å². The van der Waals surface area contributed by atoms with E-state index in [-0.39, 0.29) is 23.6 Å². The zero-order valence-corrected chi connectivity index (χ0v) is 30.9. The van der Waals surface area contributed by atoms with E-state index in [0.717, 1.165) is 44.9 Å². The van der Waals surface area contributed by atoms with Gasteiger partial charge in [-0.3, -0.25) is 9.72 Å². The van der Waals surface area contributed by atoms with E-state index in [1.165, 1.54) is 0 Å². The van der Waals surface area contributed by atoms with Gasteiger partial charge in [0.25, 0.3) is 0 Å². The molecular weight excluding hydrogens is 675 g/mol. The number of rotatable bonds is 9. The largest absolute Gasteiger partial charge is 0.488 e. The number of amides is 2. The smallest absolute Gasteiger partial charge is 0.320 e. The van der Waals surface area contributed by atoms with E-state index in [1.54, 1.807) is 4.68 Å². The van der Waals surface area contributed by atoms with Crippen LogP contribution < -0.4 is 20.1 Å². The third kappa shape index (κ3) is 7.28. The Morgan fingerprint density at radius 1 is 0.833 bits per heavy atom. The van der Waals surface area contributed by atoms with Crippen LogP contribution in [0.25, 0.3) is 22.7 Å². The average molecular weight is 718 g/mol. The summed E-state index contributed by atoms with van der Waals surface area (Å²) in [7, 11) is 0. The van der Waals surface area contributed by atoms with Gasteiger partial charge >= 0.3 is 6.03 Å². The number of urea groups is 1. The number of anilines is 1. The SMILES string of the molecule is Cc1ccc(-n2nc(C(C)(C)C)cc2NC(=O)N[C@H]2CC[C@@H](Oc3ccc4nnc(-c5ccccc5OCc5ccccc5)n4c3)c3ccccc32)cc1. The molecule has 0 fully saturated rings. The summed E-state index contributed by atoms with van der Waals surface area (Å²) in [5.41, 5.74) is 7.42. The second-order valence-corrected chi connectivity index (χ2v) is 14.8. The van der Waals surface area contributed by atoms with Crippen molar-refractivity contribution in [3.05, 3.63) is 155 Å². The Morgan fingerprint density at radius 3 is 2.37 bits per heavy atom. The molecular formula is C44H43N7O3.